The van der Waals surface area contributed by atoms with E-state index in [1.807, 2.05) is 0 Å². The zero-order chi connectivity index (χ0) is 22.9. The molecule has 1 N–H and O–H groups in total. The van der Waals surface area contributed by atoms with E-state index in [2.05, 4.69) is 5.32 Å². The molecule has 0 aliphatic rings. The number of hydrogen-bond donors (Lipinski definition) is 1. The van der Waals surface area contributed by atoms with Gasteiger partial charge in [0.05, 0.1) is 12.0 Å². The number of nitro benzene ring substituents is 1. The number of halogens is 8. The summed E-state index contributed by atoms with van der Waals surface area (Å²) < 4.78 is 95.8. The molecule has 0 saturated carbocycles. The lowest BCUT2D eigenvalue weighted by Gasteiger charge is -2.28. The van der Waals surface area contributed by atoms with Gasteiger partial charge < -0.3 is 10.1 Å². The van der Waals surface area contributed by atoms with Crippen molar-refractivity contribution in [2.75, 3.05) is 12.4 Å². The van der Waals surface area contributed by atoms with Gasteiger partial charge in [0, 0.05) is 12.1 Å². The molecule has 0 fully saturated rings. The molecular weight excluding hydrogens is 449 g/mol. The van der Waals surface area contributed by atoms with Gasteiger partial charge in [-0.05, 0) is 42.0 Å². The van der Waals surface area contributed by atoms with Gasteiger partial charge in [-0.3, -0.25) is 10.1 Å². The number of anilines is 2. The maximum absolute atomic E-state index is 13.7. The van der Waals surface area contributed by atoms with Crippen molar-refractivity contribution in [3.05, 3.63) is 57.1 Å². The largest absolute Gasteiger partial charge is 0.497 e. The topological polar surface area (TPSA) is 64.4 Å². The Morgan fingerprint density at radius 3 is 2.10 bits per heavy atom. The van der Waals surface area contributed by atoms with Crippen LogP contribution >= 0.6 is 11.6 Å². The molecule has 0 aromatic heterocycles. The minimum atomic E-state index is -6.49. The molecule has 0 bridgehead atoms. The summed E-state index contributed by atoms with van der Waals surface area (Å²) >= 11 is 5.72. The predicted molar refractivity (Wildman–Crippen MR) is 94.0 cm³/mol. The molecule has 0 amide bonds. The Morgan fingerprint density at radius 2 is 1.63 bits per heavy atom. The van der Waals surface area contributed by atoms with Gasteiger partial charge in [0.25, 0.3) is 0 Å². The van der Waals surface area contributed by atoms with Crippen molar-refractivity contribution in [1.29, 1.82) is 0 Å². The first-order valence-corrected chi connectivity index (χ1v) is 8.27. The van der Waals surface area contributed by atoms with Gasteiger partial charge >= 0.3 is 23.7 Å². The smallest absolute Gasteiger partial charge is 0.459 e. The minimum absolute atomic E-state index is 0.208. The molecule has 0 aliphatic carbocycles. The average Bonchev–Trinajstić information content (AvgIpc) is 2.60. The van der Waals surface area contributed by atoms with Gasteiger partial charge in [0.15, 0.2) is 0 Å². The Kier molecular flexibility index (Phi) is 6.40. The first-order valence-electron chi connectivity index (χ1n) is 7.90. The molecule has 2 rings (SSSR count). The highest BCUT2D eigenvalue weighted by Crippen LogP contribution is 2.48. The molecule has 5 nitrogen and oxygen atoms in total. The molecule has 0 radical (unpaired) electrons. The van der Waals surface area contributed by atoms with Crippen LogP contribution in [0.25, 0.3) is 0 Å². The Morgan fingerprint density at radius 1 is 1.07 bits per heavy atom. The summed E-state index contributed by atoms with van der Waals surface area (Å²) in [7, 11) is 1.38. The van der Waals surface area contributed by atoms with Gasteiger partial charge in [0.1, 0.15) is 16.5 Å². The number of nitrogens with one attached hydrogen (secondary N) is 1. The number of nitrogens with zero attached hydrogens (tertiary/aromatic N) is 1. The minimum Gasteiger partial charge on any atom is -0.497 e. The number of rotatable bonds is 7. The normalized spacial score (nSPS) is 12.6. The van der Waals surface area contributed by atoms with Crippen LogP contribution in [0.15, 0.2) is 36.4 Å². The Hall–Kier alpha value is -2.76. The van der Waals surface area contributed by atoms with E-state index in [0.29, 0.717) is 17.9 Å². The van der Waals surface area contributed by atoms with E-state index in [9.17, 15) is 40.8 Å². The van der Waals surface area contributed by atoms with Crippen molar-refractivity contribution in [2.24, 2.45) is 0 Å². The number of nitro groups is 1. The van der Waals surface area contributed by atoms with Crippen molar-refractivity contribution in [1.82, 2.24) is 0 Å². The van der Waals surface area contributed by atoms with Crippen molar-refractivity contribution < 1.29 is 40.4 Å². The van der Waals surface area contributed by atoms with Crippen molar-refractivity contribution in [3.8, 4) is 5.75 Å². The summed E-state index contributed by atoms with van der Waals surface area (Å²) in [5.74, 6) is -11.4. The van der Waals surface area contributed by atoms with Gasteiger partial charge in [-0.2, -0.15) is 30.7 Å². The third kappa shape index (κ3) is 4.69. The third-order valence-electron chi connectivity index (χ3n) is 3.92. The van der Waals surface area contributed by atoms with E-state index in [0.717, 1.165) is 0 Å². The summed E-state index contributed by atoms with van der Waals surface area (Å²) in [6, 6.07) is 6.91. The van der Waals surface area contributed by atoms with Crippen LogP contribution in [0.1, 0.15) is 5.56 Å². The van der Waals surface area contributed by atoms with Gasteiger partial charge in [-0.25, -0.2) is 0 Å². The second-order valence-corrected chi connectivity index (χ2v) is 6.44. The lowest BCUT2D eigenvalue weighted by Crippen LogP contribution is -2.53. The van der Waals surface area contributed by atoms with E-state index >= 15 is 0 Å². The molecule has 0 atom stereocenters. The standard InChI is InChI=1S/C17H12ClF7N2O3/c1-30-11-4-2-10(3-5-11)26-13-7-9(6-12(18)14(13)27(28)29)8-15(19,20)16(21,22)17(23,24)25/h2-7,26H,8H2,1H3. The molecule has 0 saturated heterocycles. The van der Waals surface area contributed by atoms with E-state index in [4.69, 9.17) is 16.3 Å². The molecular formula is C17H12ClF7N2O3. The van der Waals surface area contributed by atoms with Crippen molar-refractivity contribution in [2.45, 2.75) is 24.4 Å². The van der Waals surface area contributed by atoms with Crippen LogP contribution in [0.3, 0.4) is 0 Å². The fourth-order valence-electron chi connectivity index (χ4n) is 2.44. The number of ether oxygens (including phenoxy) is 1. The summed E-state index contributed by atoms with van der Waals surface area (Å²) in [4.78, 5) is 10.3. The second-order valence-electron chi connectivity index (χ2n) is 6.04. The Balaban J connectivity index is 2.46. The van der Waals surface area contributed by atoms with Crippen LogP contribution in [0.2, 0.25) is 5.02 Å². The zero-order valence-electron chi connectivity index (χ0n) is 14.9. The molecule has 2 aromatic carbocycles. The average molecular weight is 461 g/mol. The van der Waals surface area contributed by atoms with Gasteiger partial charge in [-0.15, -0.1) is 0 Å². The number of alkyl halides is 7. The van der Waals surface area contributed by atoms with Crippen molar-refractivity contribution in [3.63, 3.8) is 0 Å². The molecule has 0 aliphatic heterocycles. The first-order chi connectivity index (χ1) is 13.7. The highest BCUT2D eigenvalue weighted by atomic mass is 35.5. The summed E-state index contributed by atoms with van der Waals surface area (Å²) in [6.45, 7) is 0. The Labute approximate surface area is 169 Å². The van der Waals surface area contributed by atoms with Crippen LogP contribution in [0, 0.1) is 10.1 Å². The SMILES string of the molecule is COc1ccc(Nc2cc(CC(F)(F)C(F)(F)C(F)(F)F)cc(Cl)c2[N+](=O)[O-])cc1. The molecule has 30 heavy (non-hydrogen) atoms. The third-order valence-corrected chi connectivity index (χ3v) is 4.20. The maximum Gasteiger partial charge on any atom is 0.459 e. The van der Waals surface area contributed by atoms with Crippen molar-refractivity contribution >= 4 is 28.7 Å². The number of benzene rings is 2. The molecule has 2 aromatic rings. The van der Waals surface area contributed by atoms with E-state index in [1.54, 1.807) is 0 Å². The quantitative estimate of drug-likeness (QED) is 0.296. The number of methoxy groups -OCH3 is 1. The Bertz CT molecular complexity index is 934. The van der Waals surface area contributed by atoms with Crippen LogP contribution < -0.4 is 10.1 Å². The molecule has 164 valence electrons. The monoisotopic (exact) mass is 460 g/mol. The van der Waals surface area contributed by atoms with Crippen LogP contribution in [0.5, 0.6) is 5.75 Å². The highest BCUT2D eigenvalue weighted by Gasteiger charge is 2.72. The summed E-state index contributed by atoms with van der Waals surface area (Å²) in [6.07, 6.45) is -8.56. The summed E-state index contributed by atoms with van der Waals surface area (Å²) in [5.41, 5.74) is -1.81. The maximum atomic E-state index is 13.7. The lowest BCUT2D eigenvalue weighted by atomic mass is 10.0. The molecule has 0 heterocycles. The van der Waals surface area contributed by atoms with E-state index < -0.39 is 51.3 Å². The van der Waals surface area contributed by atoms with Gasteiger partial charge in [0.2, 0.25) is 0 Å². The second kappa shape index (κ2) is 8.17. The van der Waals surface area contributed by atoms with Gasteiger partial charge in [-0.1, -0.05) is 11.6 Å². The molecule has 0 spiro atoms. The van der Waals surface area contributed by atoms with E-state index in [1.165, 1.54) is 31.4 Å². The fourth-order valence-corrected chi connectivity index (χ4v) is 2.75. The zero-order valence-corrected chi connectivity index (χ0v) is 15.6. The first kappa shape index (κ1) is 23.5. The number of hydrogen-bond acceptors (Lipinski definition) is 4. The molecule has 0 unspecified atom stereocenters. The van der Waals surface area contributed by atoms with Crippen LogP contribution in [0.4, 0.5) is 47.8 Å². The lowest BCUT2D eigenvalue weighted by molar-refractivity contribution is -0.383. The van der Waals surface area contributed by atoms with Crippen LogP contribution in [-0.4, -0.2) is 30.1 Å². The highest BCUT2D eigenvalue weighted by molar-refractivity contribution is 6.33. The summed E-state index contributed by atoms with van der Waals surface area (Å²) in [5, 5.41) is 13.0. The molecule has 13 heteroatoms. The predicted octanol–water partition coefficient (Wildman–Crippen LogP) is 6.38. The fraction of sp³-hybridized carbons (Fsp3) is 0.294. The van der Waals surface area contributed by atoms with Crippen LogP contribution in [-0.2, 0) is 6.42 Å². The van der Waals surface area contributed by atoms with E-state index in [-0.39, 0.29) is 5.69 Å².